The van der Waals surface area contributed by atoms with Gasteiger partial charge >= 0.3 is 0 Å². The third-order valence-corrected chi connectivity index (χ3v) is 5.09. The molecular weight excluding hydrogens is 369 g/mol. The molecule has 2 N–H and O–H groups in total. The fourth-order valence-corrected chi connectivity index (χ4v) is 3.70. The van der Waals surface area contributed by atoms with Crippen molar-refractivity contribution in [3.05, 3.63) is 70.5 Å². The predicted molar refractivity (Wildman–Crippen MR) is 102 cm³/mol. The summed E-state index contributed by atoms with van der Waals surface area (Å²) in [6.45, 7) is 1.76. The van der Waals surface area contributed by atoms with Crippen LogP contribution in [0.1, 0.15) is 49.5 Å². The van der Waals surface area contributed by atoms with Gasteiger partial charge in [-0.2, -0.15) is 0 Å². The van der Waals surface area contributed by atoms with Crippen molar-refractivity contribution in [2.45, 2.75) is 43.9 Å². The summed E-state index contributed by atoms with van der Waals surface area (Å²) in [5, 5.41) is 12.7. The molecule has 1 fully saturated rings. The van der Waals surface area contributed by atoms with E-state index in [1.807, 2.05) is 25.1 Å². The van der Waals surface area contributed by atoms with Crippen molar-refractivity contribution < 1.29 is 19.0 Å². The van der Waals surface area contributed by atoms with Crippen molar-refractivity contribution in [2.24, 2.45) is 0 Å². The van der Waals surface area contributed by atoms with E-state index in [0.717, 1.165) is 11.1 Å². The van der Waals surface area contributed by atoms with Crippen LogP contribution in [0.5, 0.6) is 0 Å². The maximum atomic E-state index is 13.7. The lowest BCUT2D eigenvalue weighted by Crippen LogP contribution is -2.51. The lowest BCUT2D eigenvalue weighted by molar-refractivity contribution is -0.129. The number of hydrogen-bond acceptors (Lipinski definition) is 3. The molecule has 1 amide bonds. The quantitative estimate of drug-likeness (QED) is 0.797. The van der Waals surface area contributed by atoms with E-state index in [2.05, 4.69) is 5.32 Å². The smallest absolute Gasteiger partial charge is 0.222 e. The van der Waals surface area contributed by atoms with Gasteiger partial charge in [0.05, 0.1) is 18.8 Å². The van der Waals surface area contributed by atoms with Crippen LogP contribution in [0.25, 0.3) is 0 Å². The molecule has 0 aromatic heterocycles. The first-order chi connectivity index (χ1) is 12.9. The van der Waals surface area contributed by atoms with Gasteiger partial charge in [0, 0.05) is 29.8 Å². The molecule has 6 heteroatoms. The first-order valence-corrected chi connectivity index (χ1v) is 9.34. The molecule has 1 saturated heterocycles. The fraction of sp³-hybridized carbons (Fsp3) is 0.381. The number of aliphatic hydroxyl groups is 1. The predicted octanol–water partition coefficient (Wildman–Crippen LogP) is 4.33. The van der Waals surface area contributed by atoms with Gasteiger partial charge in [-0.1, -0.05) is 35.9 Å². The highest BCUT2D eigenvalue weighted by Crippen LogP contribution is 2.43. The van der Waals surface area contributed by atoms with Crippen LogP contribution >= 0.6 is 11.6 Å². The van der Waals surface area contributed by atoms with Crippen molar-refractivity contribution >= 4 is 17.5 Å². The van der Waals surface area contributed by atoms with Gasteiger partial charge in [0.25, 0.3) is 0 Å². The van der Waals surface area contributed by atoms with Crippen molar-refractivity contribution in [1.29, 1.82) is 0 Å². The molecule has 0 spiro atoms. The molecule has 4 nitrogen and oxygen atoms in total. The van der Waals surface area contributed by atoms with Gasteiger partial charge in [0.1, 0.15) is 5.82 Å². The average Bonchev–Trinajstić information content (AvgIpc) is 2.61. The van der Waals surface area contributed by atoms with E-state index in [1.165, 1.54) is 12.1 Å². The number of carbonyl (C=O) groups excluding carboxylic acids is 1. The van der Waals surface area contributed by atoms with Gasteiger partial charge in [-0.05, 0) is 42.3 Å². The third kappa shape index (κ3) is 5.06. The molecule has 0 radical (unpaired) electrons. The first-order valence-electron chi connectivity index (χ1n) is 8.97. The Hall–Kier alpha value is -1.95. The Balaban J connectivity index is 1.90. The second-order valence-corrected chi connectivity index (χ2v) is 7.65. The lowest BCUT2D eigenvalue weighted by atomic mass is 9.81. The molecular formula is C21H23ClFNO3. The van der Waals surface area contributed by atoms with Gasteiger partial charge in [0.2, 0.25) is 5.91 Å². The highest BCUT2D eigenvalue weighted by Gasteiger charge is 2.40. The van der Waals surface area contributed by atoms with E-state index < -0.39 is 5.54 Å². The maximum absolute atomic E-state index is 13.7. The van der Waals surface area contributed by atoms with Gasteiger partial charge in [-0.15, -0.1) is 0 Å². The number of amides is 1. The SMILES string of the molecule is C[C@]1(NC(=O)CCO)C[C@@H](c2ccc(Cl)cc2)O[C@@H](c2cccc(F)c2)C1. The summed E-state index contributed by atoms with van der Waals surface area (Å²) in [4.78, 5) is 12.1. The van der Waals surface area contributed by atoms with Gasteiger partial charge in [0.15, 0.2) is 0 Å². The molecule has 144 valence electrons. The summed E-state index contributed by atoms with van der Waals surface area (Å²) in [6, 6.07) is 13.7. The minimum Gasteiger partial charge on any atom is -0.396 e. The van der Waals surface area contributed by atoms with Gasteiger partial charge in [-0.25, -0.2) is 4.39 Å². The molecule has 0 bridgehead atoms. The summed E-state index contributed by atoms with van der Waals surface area (Å²) < 4.78 is 20.0. The van der Waals surface area contributed by atoms with E-state index in [1.54, 1.807) is 18.2 Å². The molecule has 0 aliphatic carbocycles. The van der Waals surface area contributed by atoms with Crippen LogP contribution in [0.3, 0.4) is 0 Å². The Morgan fingerprint density at radius 3 is 2.52 bits per heavy atom. The van der Waals surface area contributed by atoms with E-state index in [-0.39, 0.29) is 37.0 Å². The lowest BCUT2D eigenvalue weighted by Gasteiger charge is -2.43. The van der Waals surface area contributed by atoms with Crippen LogP contribution in [0.4, 0.5) is 4.39 Å². The summed E-state index contributed by atoms with van der Waals surface area (Å²) in [6.07, 6.45) is 0.487. The third-order valence-electron chi connectivity index (χ3n) is 4.84. The van der Waals surface area contributed by atoms with Crippen molar-refractivity contribution in [3.63, 3.8) is 0 Å². The molecule has 3 rings (SSSR count). The molecule has 2 aromatic carbocycles. The Labute approximate surface area is 163 Å². The number of rotatable bonds is 5. The second kappa shape index (κ2) is 8.38. The number of ether oxygens (including phenoxy) is 1. The number of carbonyl (C=O) groups is 1. The van der Waals surface area contributed by atoms with Crippen LogP contribution < -0.4 is 5.32 Å². The molecule has 0 saturated carbocycles. The summed E-state index contributed by atoms with van der Waals surface area (Å²) >= 11 is 5.99. The van der Waals surface area contributed by atoms with Crippen molar-refractivity contribution in [2.75, 3.05) is 6.61 Å². The first kappa shape index (κ1) is 19.8. The number of hydrogen-bond donors (Lipinski definition) is 2. The topological polar surface area (TPSA) is 58.6 Å². The Bertz CT molecular complexity index is 798. The standard InChI is InChI=1S/C21H23ClFNO3/c1-21(24-20(26)9-10-25)12-18(14-5-7-16(22)8-6-14)27-19(13-21)15-3-2-4-17(23)11-15/h2-8,11,18-19,25H,9-10,12-13H2,1H3,(H,24,26)/t18-,19+,21-/m0/s1. The Morgan fingerprint density at radius 2 is 1.89 bits per heavy atom. The normalized spacial score (nSPS) is 25.2. The molecule has 2 aromatic rings. The summed E-state index contributed by atoms with van der Waals surface area (Å²) in [5.41, 5.74) is 1.13. The fourth-order valence-electron chi connectivity index (χ4n) is 3.58. The number of halogens is 2. The van der Waals surface area contributed by atoms with Crippen LogP contribution in [0.2, 0.25) is 5.02 Å². The van der Waals surface area contributed by atoms with Gasteiger partial charge in [-0.3, -0.25) is 4.79 Å². The summed E-state index contributed by atoms with van der Waals surface area (Å²) in [5.74, 6) is -0.537. The van der Waals surface area contributed by atoms with E-state index in [0.29, 0.717) is 17.9 Å². The van der Waals surface area contributed by atoms with Crippen LogP contribution in [-0.2, 0) is 9.53 Å². The maximum Gasteiger partial charge on any atom is 0.222 e. The van der Waals surface area contributed by atoms with Crippen LogP contribution in [0.15, 0.2) is 48.5 Å². The molecule has 27 heavy (non-hydrogen) atoms. The van der Waals surface area contributed by atoms with E-state index >= 15 is 0 Å². The monoisotopic (exact) mass is 391 g/mol. The largest absolute Gasteiger partial charge is 0.396 e. The zero-order chi connectivity index (χ0) is 19.4. The van der Waals surface area contributed by atoms with Crippen molar-refractivity contribution in [3.8, 4) is 0 Å². The highest BCUT2D eigenvalue weighted by molar-refractivity contribution is 6.30. The number of nitrogens with one attached hydrogen (secondary N) is 1. The van der Waals surface area contributed by atoms with E-state index in [4.69, 9.17) is 21.4 Å². The van der Waals surface area contributed by atoms with Gasteiger partial charge < -0.3 is 15.2 Å². The van der Waals surface area contributed by atoms with E-state index in [9.17, 15) is 9.18 Å². The zero-order valence-electron chi connectivity index (χ0n) is 15.1. The molecule has 3 atom stereocenters. The highest BCUT2D eigenvalue weighted by atomic mass is 35.5. The number of aliphatic hydroxyl groups excluding tert-OH is 1. The molecule has 1 aliphatic heterocycles. The van der Waals surface area contributed by atoms with Crippen LogP contribution in [0, 0.1) is 5.82 Å². The summed E-state index contributed by atoms with van der Waals surface area (Å²) in [7, 11) is 0. The minimum absolute atomic E-state index is 0.0483. The zero-order valence-corrected chi connectivity index (χ0v) is 15.9. The van der Waals surface area contributed by atoms with Crippen molar-refractivity contribution in [1.82, 2.24) is 5.32 Å². The Kier molecular flexibility index (Phi) is 6.15. The second-order valence-electron chi connectivity index (χ2n) is 7.21. The number of benzene rings is 2. The Morgan fingerprint density at radius 1 is 1.22 bits per heavy atom. The molecule has 1 aliphatic rings. The minimum atomic E-state index is -0.550. The average molecular weight is 392 g/mol. The molecule has 0 unspecified atom stereocenters. The van der Waals surface area contributed by atoms with Crippen LogP contribution in [-0.4, -0.2) is 23.2 Å². The molecule has 1 heterocycles.